The summed E-state index contributed by atoms with van der Waals surface area (Å²) in [5, 5.41) is 0.876. The van der Waals surface area contributed by atoms with Crippen molar-refractivity contribution in [3.8, 4) is 0 Å². The van der Waals surface area contributed by atoms with Gasteiger partial charge in [0.25, 0.3) is 0 Å². The first-order chi connectivity index (χ1) is 7.36. The molecule has 88 valence electrons. The normalized spacial score (nSPS) is 13.5. The summed E-state index contributed by atoms with van der Waals surface area (Å²) in [5.74, 6) is 0. The molecular formula is C11H13Cl2O2P. The Bertz CT molecular complexity index is 440. The zero-order valence-corrected chi connectivity index (χ0v) is 11.5. The lowest BCUT2D eigenvalue weighted by Gasteiger charge is -2.20. The number of halogens is 2. The second kappa shape index (κ2) is 5.35. The standard InChI is InChI=1S/C11H13Cl2O2P/c1-16(2,15)11(5-6-14)8-3-4-9(12)10(13)7-8/h3-4,6-7,11H,5H2,1-2H3. The molecular weight excluding hydrogens is 266 g/mol. The Morgan fingerprint density at radius 1 is 1.31 bits per heavy atom. The predicted octanol–water partition coefficient (Wildman–Crippen LogP) is 4.25. The van der Waals surface area contributed by atoms with Crippen molar-refractivity contribution >= 4 is 36.6 Å². The van der Waals surface area contributed by atoms with E-state index in [0.29, 0.717) is 10.0 Å². The molecule has 0 fully saturated rings. The number of hydrogen-bond donors (Lipinski definition) is 0. The van der Waals surface area contributed by atoms with Crippen molar-refractivity contribution in [1.29, 1.82) is 0 Å². The molecule has 5 heteroatoms. The fraction of sp³-hybridized carbons (Fsp3) is 0.364. The highest BCUT2D eigenvalue weighted by Crippen LogP contribution is 2.54. The van der Waals surface area contributed by atoms with E-state index < -0.39 is 7.14 Å². The van der Waals surface area contributed by atoms with Crippen LogP contribution in [0.3, 0.4) is 0 Å². The molecule has 1 rings (SSSR count). The Morgan fingerprint density at radius 3 is 2.38 bits per heavy atom. The Morgan fingerprint density at radius 2 is 1.94 bits per heavy atom. The maximum Gasteiger partial charge on any atom is 0.121 e. The number of rotatable bonds is 4. The van der Waals surface area contributed by atoms with Crippen LogP contribution in [0.5, 0.6) is 0 Å². The second-order valence-electron chi connectivity index (χ2n) is 4.03. The Balaban J connectivity index is 3.16. The van der Waals surface area contributed by atoms with Gasteiger partial charge in [0.1, 0.15) is 6.29 Å². The fourth-order valence-corrected chi connectivity index (χ4v) is 3.34. The van der Waals surface area contributed by atoms with Crippen LogP contribution in [0.1, 0.15) is 17.6 Å². The van der Waals surface area contributed by atoms with Crippen LogP contribution in [0.4, 0.5) is 0 Å². The lowest BCUT2D eigenvalue weighted by molar-refractivity contribution is -0.107. The van der Waals surface area contributed by atoms with Crippen LogP contribution >= 0.6 is 30.3 Å². The van der Waals surface area contributed by atoms with Crippen molar-refractivity contribution in [3.63, 3.8) is 0 Å². The summed E-state index contributed by atoms with van der Waals surface area (Å²) in [7, 11) is -2.38. The molecule has 1 aromatic rings. The fourth-order valence-electron chi connectivity index (χ4n) is 1.56. The highest BCUT2D eigenvalue weighted by Gasteiger charge is 2.24. The van der Waals surface area contributed by atoms with Gasteiger partial charge in [-0.05, 0) is 31.0 Å². The molecule has 0 aliphatic heterocycles. The van der Waals surface area contributed by atoms with E-state index in [4.69, 9.17) is 23.2 Å². The van der Waals surface area contributed by atoms with Crippen molar-refractivity contribution in [2.45, 2.75) is 12.1 Å². The van der Waals surface area contributed by atoms with E-state index in [2.05, 4.69) is 0 Å². The summed E-state index contributed by atoms with van der Waals surface area (Å²) in [5.41, 5.74) is 0.523. The number of hydrogen-bond acceptors (Lipinski definition) is 2. The highest BCUT2D eigenvalue weighted by atomic mass is 35.5. The van der Waals surface area contributed by atoms with Crippen LogP contribution in [0.15, 0.2) is 18.2 Å². The van der Waals surface area contributed by atoms with Gasteiger partial charge in [-0.1, -0.05) is 29.3 Å². The Labute approximate surface area is 105 Å². The first-order valence-electron chi connectivity index (χ1n) is 4.79. The number of carbonyl (C=O) groups excluding carboxylic acids is 1. The van der Waals surface area contributed by atoms with Crippen molar-refractivity contribution in [2.24, 2.45) is 0 Å². The van der Waals surface area contributed by atoms with Gasteiger partial charge in [-0.2, -0.15) is 0 Å². The largest absolute Gasteiger partial charge is 0.323 e. The lowest BCUT2D eigenvalue weighted by atomic mass is 10.1. The molecule has 0 N–H and O–H groups in total. The van der Waals surface area contributed by atoms with Gasteiger partial charge in [0.15, 0.2) is 0 Å². The molecule has 0 heterocycles. The highest BCUT2D eigenvalue weighted by molar-refractivity contribution is 7.62. The molecule has 0 bridgehead atoms. The van der Waals surface area contributed by atoms with E-state index >= 15 is 0 Å². The van der Waals surface area contributed by atoms with Crippen LogP contribution in [0, 0.1) is 0 Å². The molecule has 0 radical (unpaired) electrons. The summed E-state index contributed by atoms with van der Waals surface area (Å²) in [6.07, 6.45) is 1.02. The van der Waals surface area contributed by atoms with Crippen LogP contribution in [0.2, 0.25) is 10.0 Å². The third kappa shape index (κ3) is 3.35. The Kier molecular flexibility index (Phi) is 4.61. The van der Waals surface area contributed by atoms with Crippen LogP contribution in [-0.4, -0.2) is 19.6 Å². The van der Waals surface area contributed by atoms with Crippen molar-refractivity contribution in [1.82, 2.24) is 0 Å². The predicted molar refractivity (Wildman–Crippen MR) is 69.3 cm³/mol. The van der Waals surface area contributed by atoms with E-state index in [-0.39, 0.29) is 12.1 Å². The van der Waals surface area contributed by atoms with Gasteiger partial charge >= 0.3 is 0 Å². The summed E-state index contributed by atoms with van der Waals surface area (Å²) in [6.45, 7) is 3.34. The molecule has 0 amide bonds. The minimum atomic E-state index is -2.38. The third-order valence-electron chi connectivity index (χ3n) is 2.40. The first-order valence-corrected chi connectivity index (χ1v) is 8.22. The van der Waals surface area contributed by atoms with Gasteiger partial charge in [-0.15, -0.1) is 0 Å². The third-order valence-corrected chi connectivity index (χ3v) is 5.15. The van der Waals surface area contributed by atoms with Gasteiger partial charge < -0.3 is 9.36 Å². The van der Waals surface area contributed by atoms with E-state index in [1.807, 2.05) is 0 Å². The number of carbonyl (C=O) groups is 1. The zero-order chi connectivity index (χ0) is 12.3. The smallest absolute Gasteiger partial charge is 0.121 e. The molecule has 0 aromatic heterocycles. The first kappa shape index (κ1) is 13.8. The lowest BCUT2D eigenvalue weighted by Crippen LogP contribution is -2.00. The molecule has 0 aliphatic rings. The maximum absolute atomic E-state index is 12.1. The SMILES string of the molecule is CP(C)(=O)C(CC=O)c1ccc(Cl)c(Cl)c1. The maximum atomic E-state index is 12.1. The number of benzene rings is 1. The van der Waals surface area contributed by atoms with Gasteiger partial charge in [0.05, 0.1) is 17.2 Å². The monoisotopic (exact) mass is 278 g/mol. The van der Waals surface area contributed by atoms with Crippen LogP contribution in [-0.2, 0) is 9.36 Å². The number of aldehydes is 1. The average molecular weight is 279 g/mol. The molecule has 0 aliphatic carbocycles. The summed E-state index contributed by atoms with van der Waals surface area (Å²) < 4.78 is 12.1. The van der Waals surface area contributed by atoms with Crippen LogP contribution < -0.4 is 0 Å². The molecule has 1 unspecified atom stereocenters. The zero-order valence-electron chi connectivity index (χ0n) is 9.11. The van der Waals surface area contributed by atoms with Gasteiger partial charge in [0, 0.05) is 12.1 Å². The molecule has 0 saturated carbocycles. The van der Waals surface area contributed by atoms with Gasteiger partial charge in [-0.25, -0.2) is 0 Å². The minimum absolute atomic E-state index is 0.238. The Hall–Kier alpha value is -0.300. The molecule has 0 saturated heterocycles. The van der Waals surface area contributed by atoms with E-state index in [0.717, 1.165) is 11.8 Å². The minimum Gasteiger partial charge on any atom is -0.323 e. The van der Waals surface area contributed by atoms with Gasteiger partial charge in [-0.3, -0.25) is 0 Å². The van der Waals surface area contributed by atoms with E-state index in [9.17, 15) is 9.36 Å². The van der Waals surface area contributed by atoms with Crippen LogP contribution in [0.25, 0.3) is 0 Å². The van der Waals surface area contributed by atoms with Gasteiger partial charge in [0.2, 0.25) is 0 Å². The average Bonchev–Trinajstić information content (AvgIpc) is 2.17. The molecule has 1 aromatic carbocycles. The summed E-state index contributed by atoms with van der Waals surface area (Å²) in [4.78, 5) is 10.6. The van der Waals surface area contributed by atoms with Crippen molar-refractivity contribution < 1.29 is 9.36 Å². The van der Waals surface area contributed by atoms with Crippen molar-refractivity contribution in [3.05, 3.63) is 33.8 Å². The van der Waals surface area contributed by atoms with E-state index in [1.54, 1.807) is 31.5 Å². The van der Waals surface area contributed by atoms with Crippen molar-refractivity contribution in [2.75, 3.05) is 13.3 Å². The molecule has 2 nitrogen and oxygen atoms in total. The molecule has 0 spiro atoms. The summed E-state index contributed by atoms with van der Waals surface area (Å²) >= 11 is 11.7. The summed E-state index contributed by atoms with van der Waals surface area (Å²) in [6, 6.07) is 5.10. The topological polar surface area (TPSA) is 34.1 Å². The molecule has 1 atom stereocenters. The van der Waals surface area contributed by atoms with E-state index in [1.165, 1.54) is 0 Å². The quantitative estimate of drug-likeness (QED) is 0.610. The second-order valence-corrected chi connectivity index (χ2v) is 8.33. The molecule has 16 heavy (non-hydrogen) atoms.